The minimum absolute atomic E-state index is 0. The molecular formula is C23H38IN5O2. The molecule has 31 heavy (non-hydrogen) atoms. The van der Waals surface area contributed by atoms with E-state index in [1.54, 1.807) is 0 Å². The van der Waals surface area contributed by atoms with Gasteiger partial charge in [0.05, 0.1) is 19.8 Å². The predicted octanol–water partition coefficient (Wildman–Crippen LogP) is 3.19. The summed E-state index contributed by atoms with van der Waals surface area (Å²) in [5, 5.41) is 7.08. The number of ether oxygens (including phenoxy) is 2. The Bertz CT molecular complexity index is 701. The maximum atomic E-state index is 5.81. The number of hydrogen-bond donors (Lipinski definition) is 2. The summed E-state index contributed by atoms with van der Waals surface area (Å²) in [6, 6.07) is 4.06. The number of guanidine groups is 1. The van der Waals surface area contributed by atoms with Crippen LogP contribution in [-0.4, -0.2) is 67.9 Å². The molecule has 0 spiro atoms. The molecule has 3 aliphatic rings. The van der Waals surface area contributed by atoms with Crippen molar-refractivity contribution in [3.8, 4) is 5.88 Å². The Labute approximate surface area is 203 Å². The highest BCUT2D eigenvalue weighted by molar-refractivity contribution is 14.0. The average Bonchev–Trinajstić information content (AvgIpc) is 3.64. The normalized spacial score (nSPS) is 21.8. The van der Waals surface area contributed by atoms with Crippen LogP contribution in [0.25, 0.3) is 0 Å². The number of pyridine rings is 1. The second-order valence-electron chi connectivity index (χ2n) is 8.92. The number of nitrogens with zero attached hydrogens (tertiary/aromatic N) is 3. The molecule has 3 fully saturated rings. The maximum absolute atomic E-state index is 5.81. The highest BCUT2D eigenvalue weighted by Crippen LogP contribution is 2.34. The molecule has 2 N–H and O–H groups in total. The van der Waals surface area contributed by atoms with Gasteiger partial charge >= 0.3 is 0 Å². The van der Waals surface area contributed by atoms with Crippen molar-refractivity contribution in [1.29, 1.82) is 0 Å². The van der Waals surface area contributed by atoms with Crippen molar-refractivity contribution in [1.82, 2.24) is 20.5 Å². The summed E-state index contributed by atoms with van der Waals surface area (Å²) in [6.45, 7) is 6.19. The van der Waals surface area contributed by atoms with Crippen LogP contribution >= 0.6 is 24.0 Å². The SMILES string of the molecule is CN=C(NCc1ccnc(OCC2CC2)c1)NCC1(N2CCOCC2)CCCCC1.I. The lowest BCUT2D eigenvalue weighted by atomic mass is 9.80. The molecule has 8 heteroatoms. The summed E-state index contributed by atoms with van der Waals surface area (Å²) in [7, 11) is 1.84. The van der Waals surface area contributed by atoms with Gasteiger partial charge < -0.3 is 20.1 Å². The molecule has 2 saturated carbocycles. The molecule has 2 heterocycles. The fourth-order valence-electron chi connectivity index (χ4n) is 4.63. The molecule has 0 amide bonds. The highest BCUT2D eigenvalue weighted by atomic mass is 127. The second-order valence-corrected chi connectivity index (χ2v) is 8.92. The summed E-state index contributed by atoms with van der Waals surface area (Å²) < 4.78 is 11.4. The summed E-state index contributed by atoms with van der Waals surface area (Å²) in [5.74, 6) is 2.30. The molecule has 1 aliphatic heterocycles. The first-order valence-electron chi connectivity index (χ1n) is 11.6. The van der Waals surface area contributed by atoms with Crippen LogP contribution in [0.3, 0.4) is 0 Å². The first kappa shape index (κ1) is 24.5. The minimum atomic E-state index is 0. The van der Waals surface area contributed by atoms with Crippen LogP contribution in [0.15, 0.2) is 23.3 Å². The number of aliphatic imine (C=N–C) groups is 1. The molecule has 0 bridgehead atoms. The molecule has 4 rings (SSSR count). The van der Waals surface area contributed by atoms with Crippen LogP contribution in [0.2, 0.25) is 0 Å². The summed E-state index contributed by atoms with van der Waals surface area (Å²) in [6.07, 6.45) is 10.9. The van der Waals surface area contributed by atoms with Gasteiger partial charge in [0.2, 0.25) is 5.88 Å². The minimum Gasteiger partial charge on any atom is -0.477 e. The van der Waals surface area contributed by atoms with Crippen molar-refractivity contribution in [3.05, 3.63) is 23.9 Å². The number of morpholine rings is 1. The predicted molar refractivity (Wildman–Crippen MR) is 134 cm³/mol. The topological polar surface area (TPSA) is 71.0 Å². The monoisotopic (exact) mass is 543 g/mol. The van der Waals surface area contributed by atoms with Gasteiger partial charge in [-0.3, -0.25) is 9.89 Å². The fourth-order valence-corrected chi connectivity index (χ4v) is 4.63. The van der Waals surface area contributed by atoms with Gasteiger partial charge in [-0.15, -0.1) is 24.0 Å². The standard InChI is InChI=1S/C23H37N5O2.HI/c1-24-22(26-16-20-7-10-25-21(15-20)30-17-19-5-6-19)27-18-23(8-3-2-4-9-23)28-11-13-29-14-12-28;/h7,10,15,19H,2-6,8-9,11-14,16-18H2,1H3,(H2,24,26,27);1H. The third-order valence-corrected chi connectivity index (χ3v) is 6.70. The molecule has 1 aromatic rings. The molecule has 0 unspecified atom stereocenters. The van der Waals surface area contributed by atoms with Crippen molar-refractivity contribution in [2.45, 2.75) is 57.0 Å². The molecule has 1 aromatic heterocycles. The van der Waals surface area contributed by atoms with Crippen molar-refractivity contribution < 1.29 is 9.47 Å². The van der Waals surface area contributed by atoms with Crippen molar-refractivity contribution in [3.63, 3.8) is 0 Å². The summed E-state index contributed by atoms with van der Waals surface area (Å²) in [5.41, 5.74) is 1.37. The van der Waals surface area contributed by atoms with Crippen LogP contribution in [0, 0.1) is 5.92 Å². The van der Waals surface area contributed by atoms with Gasteiger partial charge in [0, 0.05) is 51.0 Å². The van der Waals surface area contributed by atoms with Crippen LogP contribution < -0.4 is 15.4 Å². The molecule has 7 nitrogen and oxygen atoms in total. The lowest BCUT2D eigenvalue weighted by molar-refractivity contribution is -0.0352. The molecule has 2 aliphatic carbocycles. The first-order valence-corrected chi connectivity index (χ1v) is 11.6. The van der Waals surface area contributed by atoms with Gasteiger partial charge in [-0.1, -0.05) is 19.3 Å². The van der Waals surface area contributed by atoms with Crippen LogP contribution in [0.4, 0.5) is 0 Å². The molecule has 0 aromatic carbocycles. The van der Waals surface area contributed by atoms with Crippen molar-refractivity contribution in [2.75, 3.05) is 46.5 Å². The van der Waals surface area contributed by atoms with E-state index in [1.807, 2.05) is 25.4 Å². The Kier molecular flexibility index (Phi) is 9.65. The van der Waals surface area contributed by atoms with Gasteiger partial charge in [0.1, 0.15) is 0 Å². The smallest absolute Gasteiger partial charge is 0.213 e. The molecule has 1 saturated heterocycles. The highest BCUT2D eigenvalue weighted by Gasteiger charge is 2.38. The van der Waals surface area contributed by atoms with E-state index in [0.717, 1.165) is 62.8 Å². The number of hydrogen-bond acceptors (Lipinski definition) is 5. The number of rotatable bonds is 8. The third-order valence-electron chi connectivity index (χ3n) is 6.70. The Morgan fingerprint density at radius 1 is 1.23 bits per heavy atom. The van der Waals surface area contributed by atoms with Gasteiger partial charge in [0.25, 0.3) is 0 Å². The Balaban J connectivity index is 0.00000272. The van der Waals surface area contributed by atoms with Crippen molar-refractivity contribution >= 4 is 29.9 Å². The average molecular weight is 543 g/mol. The van der Waals surface area contributed by atoms with E-state index in [-0.39, 0.29) is 29.5 Å². The first-order chi connectivity index (χ1) is 14.8. The van der Waals surface area contributed by atoms with Gasteiger partial charge in [-0.25, -0.2) is 4.98 Å². The van der Waals surface area contributed by atoms with Gasteiger partial charge in [0.15, 0.2) is 5.96 Å². The quantitative estimate of drug-likeness (QED) is 0.298. The van der Waals surface area contributed by atoms with Crippen LogP contribution in [0.1, 0.15) is 50.5 Å². The molecule has 0 atom stereocenters. The Hall–Kier alpha value is -1.13. The van der Waals surface area contributed by atoms with E-state index >= 15 is 0 Å². The lowest BCUT2D eigenvalue weighted by Gasteiger charge is -2.48. The number of nitrogens with one attached hydrogen (secondary N) is 2. The lowest BCUT2D eigenvalue weighted by Crippen LogP contribution is -2.60. The number of halogens is 1. The summed E-state index contributed by atoms with van der Waals surface area (Å²) in [4.78, 5) is 11.4. The molecule has 174 valence electrons. The zero-order chi connectivity index (χ0) is 20.7. The van der Waals surface area contributed by atoms with Crippen molar-refractivity contribution in [2.24, 2.45) is 10.9 Å². The second kappa shape index (κ2) is 12.2. The Morgan fingerprint density at radius 3 is 2.71 bits per heavy atom. The van der Waals surface area contributed by atoms with Crippen LogP contribution in [0.5, 0.6) is 5.88 Å². The summed E-state index contributed by atoms with van der Waals surface area (Å²) >= 11 is 0. The van der Waals surface area contributed by atoms with Crippen LogP contribution in [-0.2, 0) is 11.3 Å². The van der Waals surface area contributed by atoms with E-state index in [1.165, 1.54) is 44.9 Å². The molecular weight excluding hydrogens is 505 g/mol. The maximum Gasteiger partial charge on any atom is 0.213 e. The van der Waals surface area contributed by atoms with E-state index in [2.05, 4.69) is 25.5 Å². The fraction of sp³-hybridized carbons (Fsp3) is 0.739. The zero-order valence-corrected chi connectivity index (χ0v) is 21.1. The molecule has 0 radical (unpaired) electrons. The zero-order valence-electron chi connectivity index (χ0n) is 18.8. The largest absolute Gasteiger partial charge is 0.477 e. The third kappa shape index (κ3) is 7.18. The Morgan fingerprint density at radius 2 is 2.00 bits per heavy atom. The number of aromatic nitrogens is 1. The van der Waals surface area contributed by atoms with Gasteiger partial charge in [-0.05, 0) is 43.2 Å². The van der Waals surface area contributed by atoms with E-state index in [4.69, 9.17) is 9.47 Å². The van der Waals surface area contributed by atoms with E-state index in [0.29, 0.717) is 6.54 Å². The van der Waals surface area contributed by atoms with Gasteiger partial charge in [-0.2, -0.15) is 0 Å². The van der Waals surface area contributed by atoms with E-state index in [9.17, 15) is 0 Å². The van der Waals surface area contributed by atoms with E-state index < -0.39 is 0 Å².